The quantitative estimate of drug-likeness (QED) is 0.736. The van der Waals surface area contributed by atoms with Gasteiger partial charge in [0.2, 0.25) is 0 Å². The second kappa shape index (κ2) is 6.32. The maximum atomic E-state index is 6.07. The molecule has 0 aliphatic rings. The van der Waals surface area contributed by atoms with Crippen molar-refractivity contribution >= 4 is 44.8 Å². The first-order valence-electron chi connectivity index (χ1n) is 6.67. The molecule has 1 unspecified atom stereocenters. The van der Waals surface area contributed by atoms with Gasteiger partial charge in [-0.2, -0.15) is 0 Å². The van der Waals surface area contributed by atoms with Crippen LogP contribution in [-0.2, 0) is 6.42 Å². The minimum atomic E-state index is 0.194. The Bertz CT molecular complexity index is 737. The molecule has 3 aromatic rings. The van der Waals surface area contributed by atoms with Gasteiger partial charge < -0.3 is 5.73 Å². The molecular formula is C16H14Cl2N2S. The fourth-order valence-corrected chi connectivity index (χ4v) is 3.69. The highest BCUT2D eigenvalue weighted by atomic mass is 35.5. The molecule has 0 bridgehead atoms. The summed E-state index contributed by atoms with van der Waals surface area (Å²) in [5.74, 6) is 0.194. The van der Waals surface area contributed by atoms with Gasteiger partial charge >= 0.3 is 0 Å². The zero-order valence-corrected chi connectivity index (χ0v) is 13.6. The topological polar surface area (TPSA) is 38.9 Å². The van der Waals surface area contributed by atoms with E-state index in [9.17, 15) is 0 Å². The molecule has 1 aromatic heterocycles. The number of hydrogen-bond acceptors (Lipinski definition) is 3. The number of aromatic nitrogens is 1. The van der Waals surface area contributed by atoms with E-state index in [1.165, 1.54) is 4.70 Å². The molecule has 2 aromatic carbocycles. The first kappa shape index (κ1) is 14.8. The van der Waals surface area contributed by atoms with E-state index >= 15 is 0 Å². The Morgan fingerprint density at radius 3 is 2.62 bits per heavy atom. The van der Waals surface area contributed by atoms with Gasteiger partial charge in [-0.3, -0.25) is 0 Å². The van der Waals surface area contributed by atoms with Crippen molar-refractivity contribution in [3.8, 4) is 0 Å². The van der Waals surface area contributed by atoms with Crippen molar-refractivity contribution in [1.82, 2.24) is 4.98 Å². The van der Waals surface area contributed by atoms with E-state index in [0.717, 1.165) is 22.5 Å². The zero-order valence-electron chi connectivity index (χ0n) is 11.2. The van der Waals surface area contributed by atoms with Crippen LogP contribution in [0.2, 0.25) is 10.0 Å². The summed E-state index contributed by atoms with van der Waals surface area (Å²) in [7, 11) is 0. The number of hydrogen-bond donors (Lipinski definition) is 1. The molecule has 108 valence electrons. The lowest BCUT2D eigenvalue weighted by molar-refractivity contribution is 0.690. The Balaban J connectivity index is 1.88. The second-order valence-corrected chi connectivity index (χ2v) is 6.78. The first-order valence-corrected chi connectivity index (χ1v) is 8.24. The van der Waals surface area contributed by atoms with Crippen molar-refractivity contribution in [2.24, 2.45) is 5.73 Å². The normalized spacial score (nSPS) is 12.7. The molecule has 1 atom stereocenters. The average Bonchev–Trinajstić information content (AvgIpc) is 2.92. The molecule has 1 heterocycles. The van der Waals surface area contributed by atoms with Crippen molar-refractivity contribution in [2.45, 2.75) is 12.3 Å². The van der Waals surface area contributed by atoms with E-state index in [1.54, 1.807) is 11.3 Å². The van der Waals surface area contributed by atoms with Crippen LogP contribution in [0.4, 0.5) is 0 Å². The largest absolute Gasteiger partial charge is 0.330 e. The summed E-state index contributed by atoms with van der Waals surface area (Å²) in [5.41, 5.74) is 8.11. The lowest BCUT2D eigenvalue weighted by Crippen LogP contribution is -2.14. The monoisotopic (exact) mass is 336 g/mol. The van der Waals surface area contributed by atoms with Gasteiger partial charge in [0.1, 0.15) is 0 Å². The predicted octanol–water partition coefficient (Wildman–Crippen LogP) is 4.89. The maximum Gasteiger partial charge on any atom is 0.0985 e. The molecule has 0 aliphatic carbocycles. The highest BCUT2D eigenvalue weighted by Crippen LogP contribution is 2.30. The highest BCUT2D eigenvalue weighted by Gasteiger charge is 2.16. The van der Waals surface area contributed by atoms with E-state index in [0.29, 0.717) is 16.6 Å². The number of nitrogens with zero attached hydrogens (tertiary/aromatic N) is 1. The predicted molar refractivity (Wildman–Crippen MR) is 91.6 cm³/mol. The van der Waals surface area contributed by atoms with E-state index in [4.69, 9.17) is 33.9 Å². The van der Waals surface area contributed by atoms with Crippen LogP contribution in [0.15, 0.2) is 42.5 Å². The van der Waals surface area contributed by atoms with Gasteiger partial charge in [0, 0.05) is 12.5 Å². The van der Waals surface area contributed by atoms with Crippen molar-refractivity contribution < 1.29 is 0 Å². The van der Waals surface area contributed by atoms with E-state index in [1.807, 2.05) is 36.4 Å². The molecule has 3 rings (SSSR count). The fourth-order valence-electron chi connectivity index (χ4n) is 2.29. The Labute approximate surface area is 137 Å². The number of thiazole rings is 1. The SMILES string of the molecule is NCC(Cc1ccc(Cl)c(Cl)c1)c1nc2ccccc2s1. The number of nitrogens with two attached hydrogens (primary N) is 1. The van der Waals surface area contributed by atoms with Crippen LogP contribution in [0, 0.1) is 0 Å². The number of fused-ring (bicyclic) bond motifs is 1. The number of halogens is 2. The van der Waals surface area contributed by atoms with E-state index in [2.05, 4.69) is 6.07 Å². The Hall–Kier alpha value is -1.13. The molecule has 0 radical (unpaired) electrons. The van der Waals surface area contributed by atoms with Crippen LogP contribution in [0.5, 0.6) is 0 Å². The molecule has 21 heavy (non-hydrogen) atoms. The molecule has 0 aliphatic heterocycles. The van der Waals surface area contributed by atoms with Crippen molar-refractivity contribution in [2.75, 3.05) is 6.54 Å². The molecule has 0 fully saturated rings. The third kappa shape index (κ3) is 3.22. The number of para-hydroxylation sites is 1. The van der Waals surface area contributed by atoms with Gasteiger partial charge in [-0.15, -0.1) is 11.3 Å². The summed E-state index contributed by atoms with van der Waals surface area (Å²) in [5, 5.41) is 2.23. The molecule has 0 saturated heterocycles. The summed E-state index contributed by atoms with van der Waals surface area (Å²) in [6.07, 6.45) is 0.813. The zero-order chi connectivity index (χ0) is 14.8. The summed E-state index contributed by atoms with van der Waals surface area (Å²) >= 11 is 13.7. The molecule has 0 spiro atoms. The third-order valence-corrected chi connectivity index (χ3v) is 5.35. The Kier molecular flexibility index (Phi) is 4.45. The number of benzene rings is 2. The Morgan fingerprint density at radius 1 is 1.10 bits per heavy atom. The van der Waals surface area contributed by atoms with Crippen molar-refractivity contribution in [3.63, 3.8) is 0 Å². The van der Waals surface area contributed by atoms with Crippen molar-refractivity contribution in [1.29, 1.82) is 0 Å². The maximum absolute atomic E-state index is 6.07. The van der Waals surface area contributed by atoms with Gasteiger partial charge in [-0.1, -0.05) is 41.4 Å². The Morgan fingerprint density at radius 2 is 1.90 bits per heavy atom. The van der Waals surface area contributed by atoms with Crippen LogP contribution < -0.4 is 5.73 Å². The summed E-state index contributed by atoms with van der Waals surface area (Å²) in [4.78, 5) is 4.70. The smallest absolute Gasteiger partial charge is 0.0985 e. The van der Waals surface area contributed by atoms with E-state index < -0.39 is 0 Å². The highest BCUT2D eigenvalue weighted by molar-refractivity contribution is 7.18. The average molecular weight is 337 g/mol. The van der Waals surface area contributed by atoms with Gasteiger partial charge in [-0.25, -0.2) is 4.98 Å². The lowest BCUT2D eigenvalue weighted by Gasteiger charge is -2.12. The molecule has 2 nitrogen and oxygen atoms in total. The lowest BCUT2D eigenvalue weighted by atomic mass is 10.00. The van der Waals surface area contributed by atoms with Gasteiger partial charge in [0.05, 0.1) is 25.3 Å². The van der Waals surface area contributed by atoms with Gasteiger partial charge in [0.25, 0.3) is 0 Å². The van der Waals surface area contributed by atoms with Crippen LogP contribution in [0.1, 0.15) is 16.5 Å². The minimum Gasteiger partial charge on any atom is -0.330 e. The summed E-state index contributed by atoms with van der Waals surface area (Å²) in [6, 6.07) is 13.9. The first-order chi connectivity index (χ1) is 10.2. The second-order valence-electron chi connectivity index (χ2n) is 4.91. The van der Waals surface area contributed by atoms with Crippen molar-refractivity contribution in [3.05, 3.63) is 63.1 Å². The number of rotatable bonds is 4. The molecule has 5 heteroatoms. The third-order valence-electron chi connectivity index (χ3n) is 3.41. The van der Waals surface area contributed by atoms with Crippen LogP contribution in [0.25, 0.3) is 10.2 Å². The molecule has 0 amide bonds. The van der Waals surface area contributed by atoms with E-state index in [-0.39, 0.29) is 5.92 Å². The molecule has 2 N–H and O–H groups in total. The summed E-state index contributed by atoms with van der Waals surface area (Å²) < 4.78 is 1.19. The molecular weight excluding hydrogens is 323 g/mol. The van der Waals surface area contributed by atoms with Crippen LogP contribution in [-0.4, -0.2) is 11.5 Å². The van der Waals surface area contributed by atoms with Gasteiger partial charge in [-0.05, 0) is 36.2 Å². The van der Waals surface area contributed by atoms with Crippen LogP contribution >= 0.6 is 34.5 Å². The standard InChI is InChI=1S/C16H14Cl2N2S/c17-12-6-5-10(8-13(12)18)7-11(9-19)16-20-14-3-1-2-4-15(14)21-16/h1-6,8,11H,7,9,19H2. The van der Waals surface area contributed by atoms with Crippen LogP contribution in [0.3, 0.4) is 0 Å². The minimum absolute atomic E-state index is 0.194. The summed E-state index contributed by atoms with van der Waals surface area (Å²) in [6.45, 7) is 0.556. The fraction of sp³-hybridized carbons (Fsp3) is 0.188. The van der Waals surface area contributed by atoms with Gasteiger partial charge in [0.15, 0.2) is 0 Å². The molecule has 0 saturated carbocycles.